The van der Waals surface area contributed by atoms with Gasteiger partial charge in [-0.3, -0.25) is 0 Å². The van der Waals surface area contributed by atoms with Gasteiger partial charge >= 0.3 is 0 Å². The molecule has 0 saturated carbocycles. The van der Waals surface area contributed by atoms with Crippen molar-refractivity contribution in [2.75, 3.05) is 0 Å². The van der Waals surface area contributed by atoms with E-state index in [0.29, 0.717) is 0 Å². The van der Waals surface area contributed by atoms with Gasteiger partial charge in [0.05, 0.1) is 0 Å². The summed E-state index contributed by atoms with van der Waals surface area (Å²) in [5, 5.41) is 0. The van der Waals surface area contributed by atoms with Crippen LogP contribution in [0.5, 0.6) is 0 Å². The number of benzene rings is 1. The maximum Gasteiger partial charge on any atom is -0.0623 e. The van der Waals surface area contributed by atoms with Gasteiger partial charge in [-0.15, -0.1) is 24.0 Å². The Hall–Kier alpha value is -0.0900. The lowest BCUT2D eigenvalue weighted by atomic mass is 10.4. The van der Waals surface area contributed by atoms with Gasteiger partial charge in [-0.05, 0) is 0 Å². The molecule has 0 spiro atoms. The molecule has 8 heavy (non-hydrogen) atoms. The van der Waals surface area contributed by atoms with Gasteiger partial charge in [0.1, 0.15) is 0 Å². The molecule has 2 N–H and O–H groups in total. The Morgan fingerprint density at radius 1 is 0.500 bits per heavy atom. The minimum absolute atomic E-state index is 0. The molecular formula is C6H9IO. The topological polar surface area (TPSA) is 31.5 Å². The fourth-order valence-electron chi connectivity index (χ4n) is 0.385. The van der Waals surface area contributed by atoms with Crippen molar-refractivity contribution in [2.45, 2.75) is 0 Å². The van der Waals surface area contributed by atoms with Crippen LogP contribution in [0.4, 0.5) is 0 Å². The van der Waals surface area contributed by atoms with E-state index in [1.807, 2.05) is 36.4 Å². The summed E-state index contributed by atoms with van der Waals surface area (Å²) in [6.45, 7) is 0. The molecular weight excluding hydrogens is 215 g/mol. The quantitative estimate of drug-likeness (QED) is 0.598. The fourth-order valence-corrected chi connectivity index (χ4v) is 0.385. The molecule has 0 heterocycles. The van der Waals surface area contributed by atoms with E-state index >= 15 is 0 Å². The standard InChI is InChI=1S/C6H6.HI.H2O/c1-2-4-6-5-3-1;;/h1-6H;1H;1H2. The zero-order chi connectivity index (χ0) is 4.24. The van der Waals surface area contributed by atoms with Crippen molar-refractivity contribution >= 4 is 24.0 Å². The normalized spacial score (nSPS) is 6.00. The molecule has 0 aliphatic rings. The van der Waals surface area contributed by atoms with E-state index in [1.54, 1.807) is 0 Å². The van der Waals surface area contributed by atoms with Crippen molar-refractivity contribution in [3.8, 4) is 0 Å². The molecule has 0 unspecified atom stereocenters. The minimum Gasteiger partial charge on any atom is -0.412 e. The summed E-state index contributed by atoms with van der Waals surface area (Å²) in [6, 6.07) is 12.0. The summed E-state index contributed by atoms with van der Waals surface area (Å²) >= 11 is 0. The van der Waals surface area contributed by atoms with Crippen LogP contribution in [-0.2, 0) is 0 Å². The molecule has 1 aromatic carbocycles. The largest absolute Gasteiger partial charge is 0.412 e. The van der Waals surface area contributed by atoms with E-state index in [2.05, 4.69) is 0 Å². The monoisotopic (exact) mass is 224 g/mol. The summed E-state index contributed by atoms with van der Waals surface area (Å²) < 4.78 is 0. The average molecular weight is 224 g/mol. The Morgan fingerprint density at radius 2 is 0.625 bits per heavy atom. The summed E-state index contributed by atoms with van der Waals surface area (Å²) in [5.41, 5.74) is 0. The Morgan fingerprint density at radius 3 is 0.750 bits per heavy atom. The van der Waals surface area contributed by atoms with Gasteiger partial charge in [-0.1, -0.05) is 36.4 Å². The number of hydrogen-bond acceptors (Lipinski definition) is 0. The predicted octanol–water partition coefficient (Wildman–Crippen LogP) is 1.48. The van der Waals surface area contributed by atoms with E-state index in [0.717, 1.165) is 0 Å². The fraction of sp³-hybridized carbons (Fsp3) is 0. The molecule has 2 heteroatoms. The highest BCUT2D eigenvalue weighted by Crippen LogP contribution is 1.79. The van der Waals surface area contributed by atoms with E-state index in [1.165, 1.54) is 0 Å². The molecule has 1 nitrogen and oxygen atoms in total. The molecule has 1 rings (SSSR count). The Kier molecular flexibility index (Phi) is 9.34. The van der Waals surface area contributed by atoms with Crippen LogP contribution in [0, 0.1) is 0 Å². The zero-order valence-electron chi connectivity index (χ0n) is 4.37. The van der Waals surface area contributed by atoms with Crippen molar-refractivity contribution in [3.63, 3.8) is 0 Å². The molecule has 0 aliphatic heterocycles. The van der Waals surface area contributed by atoms with Crippen molar-refractivity contribution < 1.29 is 5.48 Å². The highest BCUT2D eigenvalue weighted by atomic mass is 127. The average Bonchev–Trinajstić information content (AvgIpc) is 1.72. The van der Waals surface area contributed by atoms with Crippen LogP contribution in [-0.4, -0.2) is 5.48 Å². The number of hydrogen-bond donors (Lipinski definition) is 0. The zero-order valence-corrected chi connectivity index (χ0v) is 6.70. The molecule has 0 atom stereocenters. The lowest BCUT2D eigenvalue weighted by Crippen LogP contribution is -1.47. The first-order valence-corrected chi connectivity index (χ1v) is 2.00. The molecule has 1 aromatic rings. The lowest BCUT2D eigenvalue weighted by Gasteiger charge is -1.69. The second-order valence-corrected chi connectivity index (χ2v) is 1.15. The first-order valence-electron chi connectivity index (χ1n) is 2.00. The molecule has 0 aromatic heterocycles. The first-order chi connectivity index (χ1) is 3.00. The third-order valence-corrected chi connectivity index (χ3v) is 0.667. The maximum absolute atomic E-state index is 2.00. The Balaban J connectivity index is 0. The van der Waals surface area contributed by atoms with Crippen LogP contribution in [0.1, 0.15) is 0 Å². The first kappa shape index (κ1) is 10.8. The molecule has 0 aliphatic carbocycles. The van der Waals surface area contributed by atoms with Crippen LogP contribution >= 0.6 is 24.0 Å². The van der Waals surface area contributed by atoms with Gasteiger partial charge in [0, 0.05) is 0 Å². The summed E-state index contributed by atoms with van der Waals surface area (Å²) in [5.74, 6) is 0. The smallest absolute Gasteiger partial charge is 0.0623 e. The van der Waals surface area contributed by atoms with Gasteiger partial charge in [-0.2, -0.15) is 0 Å². The SMILES string of the molecule is I.O.c1ccccc1. The molecule has 0 radical (unpaired) electrons. The van der Waals surface area contributed by atoms with Crippen LogP contribution in [0.2, 0.25) is 0 Å². The lowest BCUT2D eigenvalue weighted by molar-refractivity contribution is 0.824. The van der Waals surface area contributed by atoms with Gasteiger partial charge in [0.2, 0.25) is 0 Å². The molecule has 0 fully saturated rings. The molecule has 46 valence electrons. The van der Waals surface area contributed by atoms with Gasteiger partial charge in [0.25, 0.3) is 0 Å². The van der Waals surface area contributed by atoms with Crippen LogP contribution < -0.4 is 0 Å². The van der Waals surface area contributed by atoms with Crippen molar-refractivity contribution in [2.24, 2.45) is 0 Å². The van der Waals surface area contributed by atoms with Crippen molar-refractivity contribution in [3.05, 3.63) is 36.4 Å². The number of rotatable bonds is 0. The Labute approximate surface area is 66.1 Å². The summed E-state index contributed by atoms with van der Waals surface area (Å²) in [7, 11) is 0. The molecule has 0 bridgehead atoms. The molecule has 0 amide bonds. The van der Waals surface area contributed by atoms with E-state index < -0.39 is 0 Å². The van der Waals surface area contributed by atoms with Crippen LogP contribution in [0.15, 0.2) is 36.4 Å². The van der Waals surface area contributed by atoms with Crippen LogP contribution in [0.25, 0.3) is 0 Å². The summed E-state index contributed by atoms with van der Waals surface area (Å²) in [4.78, 5) is 0. The van der Waals surface area contributed by atoms with Crippen molar-refractivity contribution in [1.82, 2.24) is 0 Å². The summed E-state index contributed by atoms with van der Waals surface area (Å²) in [6.07, 6.45) is 0. The highest BCUT2D eigenvalue weighted by Gasteiger charge is 1.57. The predicted molar refractivity (Wildman–Crippen MR) is 45.5 cm³/mol. The van der Waals surface area contributed by atoms with E-state index in [-0.39, 0.29) is 29.5 Å². The third kappa shape index (κ3) is 4.08. The van der Waals surface area contributed by atoms with E-state index in [9.17, 15) is 0 Å². The van der Waals surface area contributed by atoms with E-state index in [4.69, 9.17) is 0 Å². The van der Waals surface area contributed by atoms with Gasteiger partial charge < -0.3 is 5.48 Å². The Bertz CT molecular complexity index is 80.5. The van der Waals surface area contributed by atoms with Crippen molar-refractivity contribution in [1.29, 1.82) is 0 Å². The van der Waals surface area contributed by atoms with Gasteiger partial charge in [-0.25, -0.2) is 0 Å². The van der Waals surface area contributed by atoms with Gasteiger partial charge in [0.15, 0.2) is 0 Å². The number of halogens is 1. The maximum atomic E-state index is 2.00. The molecule has 0 saturated heterocycles. The third-order valence-electron chi connectivity index (χ3n) is 0.667. The highest BCUT2D eigenvalue weighted by molar-refractivity contribution is 14.0. The second-order valence-electron chi connectivity index (χ2n) is 1.15. The minimum atomic E-state index is 0. The second kappa shape index (κ2) is 6.91. The van der Waals surface area contributed by atoms with Crippen LogP contribution in [0.3, 0.4) is 0 Å².